The fraction of sp³-hybridized carbons (Fsp3) is 0.267. The minimum Gasteiger partial charge on any atom is -0.619 e. The highest BCUT2D eigenvalue weighted by Gasteiger charge is 2.24. The second kappa shape index (κ2) is 12.1. The summed E-state index contributed by atoms with van der Waals surface area (Å²) in [6.45, 7) is 4.87. The maximum atomic E-state index is 13.7. The van der Waals surface area contributed by atoms with Crippen LogP contribution >= 0.6 is 0 Å². The molecule has 198 valence electrons. The summed E-state index contributed by atoms with van der Waals surface area (Å²) in [5.41, 5.74) is 1.83. The van der Waals surface area contributed by atoms with Crippen molar-refractivity contribution in [2.24, 2.45) is 0 Å². The SMILES string of the molecule is CCN(c1ccc(C(Cc2cc[n+]([O-])cc2)c2ccc(C(F)F)c(C(F)F)c2)cn1)[C@H](C)c1ccccc1. The third kappa shape index (κ3) is 6.13. The van der Waals surface area contributed by atoms with Crippen molar-refractivity contribution in [2.75, 3.05) is 11.4 Å². The Hall–Kier alpha value is -3.94. The molecule has 2 aromatic heterocycles. The summed E-state index contributed by atoms with van der Waals surface area (Å²) in [7, 11) is 0. The van der Waals surface area contributed by atoms with Gasteiger partial charge in [-0.1, -0.05) is 48.5 Å². The zero-order chi connectivity index (χ0) is 27.2. The van der Waals surface area contributed by atoms with Gasteiger partial charge in [-0.15, -0.1) is 0 Å². The lowest BCUT2D eigenvalue weighted by atomic mass is 9.85. The molecule has 0 saturated heterocycles. The van der Waals surface area contributed by atoms with Crippen molar-refractivity contribution in [2.45, 2.75) is 45.1 Å². The van der Waals surface area contributed by atoms with E-state index in [1.54, 1.807) is 18.3 Å². The number of aromatic nitrogens is 2. The van der Waals surface area contributed by atoms with Crippen LogP contribution in [0.15, 0.2) is 91.4 Å². The number of hydrogen-bond acceptors (Lipinski definition) is 3. The Morgan fingerprint density at radius 2 is 1.47 bits per heavy atom. The van der Waals surface area contributed by atoms with Gasteiger partial charge in [-0.2, -0.15) is 4.73 Å². The van der Waals surface area contributed by atoms with Crippen LogP contribution in [0.4, 0.5) is 23.4 Å². The smallest absolute Gasteiger partial charge is 0.264 e. The van der Waals surface area contributed by atoms with Gasteiger partial charge in [-0.3, -0.25) is 0 Å². The van der Waals surface area contributed by atoms with Crippen molar-refractivity contribution in [1.82, 2.24) is 4.98 Å². The summed E-state index contributed by atoms with van der Waals surface area (Å²) in [4.78, 5) is 6.86. The molecule has 4 aromatic rings. The van der Waals surface area contributed by atoms with Crippen molar-refractivity contribution < 1.29 is 22.3 Å². The van der Waals surface area contributed by atoms with Crippen molar-refractivity contribution in [3.63, 3.8) is 0 Å². The maximum Gasteiger partial charge on any atom is 0.264 e. The monoisotopic (exact) mass is 523 g/mol. The summed E-state index contributed by atoms with van der Waals surface area (Å²) in [5.74, 6) is 0.324. The number of rotatable bonds is 10. The first-order valence-corrected chi connectivity index (χ1v) is 12.4. The highest BCUT2D eigenvalue weighted by atomic mass is 19.3. The van der Waals surface area contributed by atoms with E-state index >= 15 is 0 Å². The van der Waals surface area contributed by atoms with Crippen LogP contribution in [0.25, 0.3) is 0 Å². The number of benzene rings is 2. The van der Waals surface area contributed by atoms with E-state index in [0.717, 1.165) is 41.2 Å². The second-order valence-electron chi connectivity index (χ2n) is 9.14. The van der Waals surface area contributed by atoms with Gasteiger partial charge in [0.25, 0.3) is 12.9 Å². The van der Waals surface area contributed by atoms with Crippen molar-refractivity contribution in [3.8, 4) is 0 Å². The summed E-state index contributed by atoms with van der Waals surface area (Å²) in [5, 5.41) is 11.5. The Bertz CT molecular complexity index is 1320. The molecule has 0 spiro atoms. The standard InChI is InChI=1S/C30H29F4N3O/c1-3-37(20(2)22-7-5-4-6-8-22)28-12-10-24(19-35-28)26(17-21-13-15-36(38)16-14-21)23-9-11-25(29(31)32)27(18-23)30(33)34/h4-16,18-20,26,29-30H,3,17H2,1-2H3/t20-,26?/m1/s1. The quantitative estimate of drug-likeness (QED) is 0.122. The van der Waals surface area contributed by atoms with E-state index < -0.39 is 29.9 Å². The van der Waals surface area contributed by atoms with Crippen LogP contribution in [-0.4, -0.2) is 11.5 Å². The van der Waals surface area contributed by atoms with Crippen molar-refractivity contribution in [1.29, 1.82) is 0 Å². The van der Waals surface area contributed by atoms with E-state index in [-0.39, 0.29) is 6.04 Å². The van der Waals surface area contributed by atoms with Gasteiger partial charge in [0.1, 0.15) is 5.82 Å². The van der Waals surface area contributed by atoms with E-state index in [1.165, 1.54) is 18.5 Å². The van der Waals surface area contributed by atoms with Gasteiger partial charge >= 0.3 is 0 Å². The fourth-order valence-corrected chi connectivity index (χ4v) is 4.76. The summed E-state index contributed by atoms with van der Waals surface area (Å²) < 4.78 is 54.9. The molecule has 38 heavy (non-hydrogen) atoms. The average molecular weight is 524 g/mol. The molecule has 0 aliphatic rings. The minimum atomic E-state index is -3.03. The van der Waals surface area contributed by atoms with Crippen molar-refractivity contribution >= 4 is 5.82 Å². The first-order valence-electron chi connectivity index (χ1n) is 12.4. The van der Waals surface area contributed by atoms with Gasteiger partial charge in [0, 0.05) is 41.9 Å². The first-order chi connectivity index (χ1) is 18.3. The Morgan fingerprint density at radius 1 is 0.816 bits per heavy atom. The molecule has 8 heteroatoms. The van der Waals surface area contributed by atoms with Crippen molar-refractivity contribution in [3.05, 3.63) is 130 Å². The number of hydrogen-bond donors (Lipinski definition) is 0. The third-order valence-corrected chi connectivity index (χ3v) is 6.85. The molecule has 1 unspecified atom stereocenters. The predicted octanol–water partition coefficient (Wildman–Crippen LogP) is 7.55. The van der Waals surface area contributed by atoms with E-state index in [9.17, 15) is 22.8 Å². The van der Waals surface area contributed by atoms with E-state index in [0.29, 0.717) is 16.7 Å². The molecule has 0 aliphatic heterocycles. The Labute approximate surface area is 219 Å². The van der Waals surface area contributed by atoms with Gasteiger partial charge in [0.15, 0.2) is 12.4 Å². The molecule has 2 aromatic carbocycles. The van der Waals surface area contributed by atoms with Crippen LogP contribution in [0.3, 0.4) is 0 Å². The number of nitrogens with zero attached hydrogens (tertiary/aromatic N) is 3. The number of alkyl halides is 4. The van der Waals surface area contributed by atoms with E-state index in [2.05, 4.69) is 24.0 Å². The van der Waals surface area contributed by atoms with Crippen LogP contribution in [0.5, 0.6) is 0 Å². The highest BCUT2D eigenvalue weighted by molar-refractivity contribution is 5.46. The Morgan fingerprint density at radius 3 is 2.05 bits per heavy atom. The molecule has 0 fully saturated rings. The number of pyridine rings is 2. The molecule has 0 radical (unpaired) electrons. The van der Waals surface area contributed by atoms with Crippen LogP contribution in [0.1, 0.15) is 72.0 Å². The summed E-state index contributed by atoms with van der Waals surface area (Å²) in [6, 6.07) is 21.0. The van der Waals surface area contributed by atoms with Crippen LogP contribution in [-0.2, 0) is 6.42 Å². The molecule has 0 N–H and O–H groups in total. The molecule has 4 nitrogen and oxygen atoms in total. The molecule has 0 amide bonds. The Kier molecular flexibility index (Phi) is 8.61. The second-order valence-corrected chi connectivity index (χ2v) is 9.14. The van der Waals surface area contributed by atoms with Gasteiger partial charge < -0.3 is 10.1 Å². The molecular formula is C30H29F4N3O. The normalized spacial score (nSPS) is 13.1. The van der Waals surface area contributed by atoms with Crippen LogP contribution < -0.4 is 9.63 Å². The highest BCUT2D eigenvalue weighted by Crippen LogP contribution is 2.36. The maximum absolute atomic E-state index is 13.7. The van der Waals surface area contributed by atoms with E-state index in [1.807, 2.05) is 37.3 Å². The molecule has 2 heterocycles. The topological polar surface area (TPSA) is 43.1 Å². The Balaban J connectivity index is 1.71. The van der Waals surface area contributed by atoms with Gasteiger partial charge in [0.05, 0.1) is 6.04 Å². The lowest BCUT2D eigenvalue weighted by Gasteiger charge is -2.30. The fourth-order valence-electron chi connectivity index (χ4n) is 4.76. The number of anilines is 1. The van der Waals surface area contributed by atoms with Gasteiger partial charge in [0.2, 0.25) is 0 Å². The lowest BCUT2D eigenvalue weighted by molar-refractivity contribution is -0.605. The third-order valence-electron chi connectivity index (χ3n) is 6.85. The molecule has 4 rings (SSSR count). The molecule has 0 aliphatic carbocycles. The molecule has 0 bridgehead atoms. The van der Waals surface area contributed by atoms with E-state index in [4.69, 9.17) is 4.98 Å². The minimum absolute atomic E-state index is 0.0777. The molecular weight excluding hydrogens is 494 g/mol. The first kappa shape index (κ1) is 27.1. The zero-order valence-corrected chi connectivity index (χ0v) is 21.1. The zero-order valence-electron chi connectivity index (χ0n) is 21.1. The number of halogens is 4. The summed E-state index contributed by atoms with van der Waals surface area (Å²) >= 11 is 0. The average Bonchev–Trinajstić information content (AvgIpc) is 2.93. The van der Waals surface area contributed by atoms with Gasteiger partial charge in [-0.05, 0) is 54.7 Å². The van der Waals surface area contributed by atoms with Crippen LogP contribution in [0, 0.1) is 5.21 Å². The molecule has 0 saturated carbocycles. The van der Waals surface area contributed by atoms with Crippen LogP contribution in [0.2, 0.25) is 0 Å². The largest absolute Gasteiger partial charge is 0.619 e. The molecule has 2 atom stereocenters. The predicted molar refractivity (Wildman–Crippen MR) is 139 cm³/mol. The lowest BCUT2D eigenvalue weighted by Crippen LogP contribution is -2.27. The van der Waals surface area contributed by atoms with Gasteiger partial charge in [-0.25, -0.2) is 22.5 Å². The summed E-state index contributed by atoms with van der Waals surface area (Å²) in [6.07, 6.45) is -1.23.